The zero-order valence-corrected chi connectivity index (χ0v) is 9.52. The molecule has 1 aliphatic carbocycles. The van der Waals surface area contributed by atoms with E-state index >= 15 is 0 Å². The molecule has 0 heterocycles. The van der Waals surface area contributed by atoms with E-state index in [2.05, 4.69) is 10.0 Å². The van der Waals surface area contributed by atoms with Crippen molar-refractivity contribution in [1.82, 2.24) is 10.0 Å². The summed E-state index contributed by atoms with van der Waals surface area (Å²) in [5.74, 6) is -0.144. The van der Waals surface area contributed by atoms with Gasteiger partial charge in [-0.15, -0.1) is 0 Å². The van der Waals surface area contributed by atoms with Gasteiger partial charge < -0.3 is 5.32 Å². The molecule has 0 radical (unpaired) electrons. The zero-order chi connectivity index (χ0) is 11.5. The molecule has 0 atom stereocenters. The lowest BCUT2D eigenvalue weighted by atomic mass is 10.1. The van der Waals surface area contributed by atoms with E-state index in [9.17, 15) is 13.2 Å². The second-order valence-electron chi connectivity index (χ2n) is 3.21. The fraction of sp³-hybridized carbons (Fsp3) is 0.444. The van der Waals surface area contributed by atoms with Crippen molar-refractivity contribution >= 4 is 15.9 Å². The first-order valence-electron chi connectivity index (χ1n) is 4.56. The molecule has 0 saturated carbocycles. The van der Waals surface area contributed by atoms with Crippen LogP contribution in [0.25, 0.3) is 0 Å². The molecule has 2 N–H and O–H groups in total. The van der Waals surface area contributed by atoms with Gasteiger partial charge in [0.2, 0.25) is 15.9 Å². The van der Waals surface area contributed by atoms with Crippen LogP contribution in [0.1, 0.15) is 19.8 Å². The fourth-order valence-electron chi connectivity index (χ4n) is 1.30. The molecule has 0 aromatic rings. The van der Waals surface area contributed by atoms with Crippen LogP contribution in [0.2, 0.25) is 0 Å². The fourth-order valence-corrected chi connectivity index (χ4v) is 2.18. The lowest BCUT2D eigenvalue weighted by Gasteiger charge is -2.14. The van der Waals surface area contributed by atoms with Gasteiger partial charge in [0.1, 0.15) is 0 Å². The van der Waals surface area contributed by atoms with Gasteiger partial charge in [0.05, 0.1) is 4.91 Å². The Morgan fingerprint density at radius 2 is 2.00 bits per heavy atom. The Kier molecular flexibility index (Phi) is 3.65. The Bertz CT molecular complexity index is 421. The number of hydrogen-bond acceptors (Lipinski definition) is 3. The highest BCUT2D eigenvalue weighted by Crippen LogP contribution is 2.20. The normalized spacial score (nSPS) is 16.7. The highest BCUT2D eigenvalue weighted by Gasteiger charge is 2.17. The molecule has 0 fully saturated rings. The summed E-state index contributed by atoms with van der Waals surface area (Å²) >= 11 is 0. The van der Waals surface area contributed by atoms with Gasteiger partial charge in [0.15, 0.2) is 0 Å². The molecule has 84 valence electrons. The summed E-state index contributed by atoms with van der Waals surface area (Å²) in [4.78, 5) is 11.1. The average molecular weight is 230 g/mol. The SMILES string of the molecule is CNS(=O)(=O)C1=CC=C(NC(C)=O)CC1. The van der Waals surface area contributed by atoms with Gasteiger partial charge in [0.25, 0.3) is 0 Å². The first-order valence-corrected chi connectivity index (χ1v) is 6.05. The van der Waals surface area contributed by atoms with Crippen molar-refractivity contribution in [3.63, 3.8) is 0 Å². The molecule has 1 amide bonds. The Morgan fingerprint density at radius 1 is 1.33 bits per heavy atom. The molecule has 15 heavy (non-hydrogen) atoms. The van der Waals surface area contributed by atoms with Gasteiger partial charge in [-0.2, -0.15) is 0 Å². The standard InChI is InChI=1S/C9H14N2O3S/c1-7(12)11-8-3-5-9(6-4-8)15(13,14)10-2/h3,5,10H,4,6H2,1-2H3,(H,11,12). The zero-order valence-electron chi connectivity index (χ0n) is 8.70. The number of sulfonamides is 1. The van der Waals surface area contributed by atoms with E-state index < -0.39 is 10.0 Å². The summed E-state index contributed by atoms with van der Waals surface area (Å²) in [5, 5.41) is 2.63. The third-order valence-electron chi connectivity index (χ3n) is 2.06. The maximum absolute atomic E-state index is 11.4. The van der Waals surface area contributed by atoms with Crippen LogP contribution >= 0.6 is 0 Å². The summed E-state index contributed by atoms with van der Waals surface area (Å²) in [5.41, 5.74) is 0.748. The summed E-state index contributed by atoms with van der Waals surface area (Å²) in [7, 11) is -1.94. The van der Waals surface area contributed by atoms with Crippen LogP contribution in [-0.2, 0) is 14.8 Å². The number of carbonyl (C=O) groups is 1. The highest BCUT2D eigenvalue weighted by molar-refractivity contribution is 7.93. The Labute approximate surface area is 89.3 Å². The predicted octanol–water partition coefficient (Wildman–Crippen LogP) is 0.233. The van der Waals surface area contributed by atoms with E-state index in [0.717, 1.165) is 5.70 Å². The largest absolute Gasteiger partial charge is 0.330 e. The smallest absolute Gasteiger partial charge is 0.236 e. The number of amides is 1. The van der Waals surface area contributed by atoms with Crippen molar-refractivity contribution < 1.29 is 13.2 Å². The number of nitrogens with one attached hydrogen (secondary N) is 2. The third-order valence-corrected chi connectivity index (χ3v) is 3.63. The highest BCUT2D eigenvalue weighted by atomic mass is 32.2. The number of rotatable bonds is 3. The Balaban J connectivity index is 2.81. The van der Waals surface area contributed by atoms with Crippen molar-refractivity contribution in [3.05, 3.63) is 22.8 Å². The van der Waals surface area contributed by atoms with E-state index in [4.69, 9.17) is 0 Å². The van der Waals surface area contributed by atoms with Crippen LogP contribution in [0.4, 0.5) is 0 Å². The van der Waals surface area contributed by atoms with E-state index in [1.807, 2.05) is 0 Å². The minimum Gasteiger partial charge on any atom is -0.330 e. The van der Waals surface area contributed by atoms with Gasteiger partial charge in [0, 0.05) is 12.6 Å². The van der Waals surface area contributed by atoms with Crippen LogP contribution in [0.15, 0.2) is 22.8 Å². The van der Waals surface area contributed by atoms with Gasteiger partial charge in [-0.1, -0.05) is 0 Å². The molecule has 0 aromatic heterocycles. The molecule has 5 nitrogen and oxygen atoms in total. The second-order valence-corrected chi connectivity index (χ2v) is 5.15. The number of allylic oxidation sites excluding steroid dienone is 4. The minimum absolute atomic E-state index is 0.144. The Morgan fingerprint density at radius 3 is 2.40 bits per heavy atom. The maximum Gasteiger partial charge on any atom is 0.236 e. The molecule has 1 rings (SSSR count). The molecule has 0 unspecified atom stereocenters. The minimum atomic E-state index is -3.32. The van der Waals surface area contributed by atoms with Gasteiger partial charge in [-0.25, -0.2) is 13.1 Å². The summed E-state index contributed by atoms with van der Waals surface area (Å²) in [6.45, 7) is 1.42. The lowest BCUT2D eigenvalue weighted by molar-refractivity contribution is -0.118. The van der Waals surface area contributed by atoms with Gasteiger partial charge in [-0.05, 0) is 32.0 Å². The molecule has 0 saturated heterocycles. The number of carbonyl (C=O) groups excluding carboxylic acids is 1. The average Bonchev–Trinajstić information content (AvgIpc) is 2.18. The van der Waals surface area contributed by atoms with E-state index in [0.29, 0.717) is 17.7 Å². The molecule has 0 aliphatic heterocycles. The Hall–Kier alpha value is -1.14. The van der Waals surface area contributed by atoms with Crippen LogP contribution in [0.5, 0.6) is 0 Å². The first kappa shape index (κ1) is 11.9. The van der Waals surface area contributed by atoms with E-state index in [1.165, 1.54) is 20.0 Å². The molecule has 6 heteroatoms. The van der Waals surface area contributed by atoms with Crippen LogP contribution < -0.4 is 10.0 Å². The first-order chi connectivity index (χ1) is 6.95. The van der Waals surface area contributed by atoms with E-state index in [1.54, 1.807) is 6.08 Å². The quantitative estimate of drug-likeness (QED) is 0.729. The van der Waals surface area contributed by atoms with Crippen LogP contribution in [0.3, 0.4) is 0 Å². The topological polar surface area (TPSA) is 75.3 Å². The second kappa shape index (κ2) is 4.59. The van der Waals surface area contributed by atoms with Gasteiger partial charge >= 0.3 is 0 Å². The van der Waals surface area contributed by atoms with Crippen molar-refractivity contribution in [2.45, 2.75) is 19.8 Å². The van der Waals surface area contributed by atoms with Crippen molar-refractivity contribution in [2.75, 3.05) is 7.05 Å². The molecule has 0 bridgehead atoms. The molecular weight excluding hydrogens is 216 g/mol. The maximum atomic E-state index is 11.4. The molecule has 0 spiro atoms. The number of hydrogen-bond donors (Lipinski definition) is 2. The lowest BCUT2D eigenvalue weighted by Crippen LogP contribution is -2.24. The van der Waals surface area contributed by atoms with Crippen molar-refractivity contribution in [1.29, 1.82) is 0 Å². The van der Waals surface area contributed by atoms with Crippen molar-refractivity contribution in [2.24, 2.45) is 0 Å². The van der Waals surface area contributed by atoms with Crippen LogP contribution in [0, 0.1) is 0 Å². The monoisotopic (exact) mass is 230 g/mol. The van der Waals surface area contributed by atoms with Crippen LogP contribution in [-0.4, -0.2) is 21.4 Å². The third kappa shape index (κ3) is 3.17. The van der Waals surface area contributed by atoms with E-state index in [-0.39, 0.29) is 5.91 Å². The summed E-state index contributed by atoms with van der Waals surface area (Å²) < 4.78 is 25.0. The van der Waals surface area contributed by atoms with Crippen molar-refractivity contribution in [3.8, 4) is 0 Å². The molecular formula is C9H14N2O3S. The molecule has 0 aromatic carbocycles. The molecule has 1 aliphatic rings. The summed E-state index contributed by atoms with van der Waals surface area (Å²) in [6, 6.07) is 0. The predicted molar refractivity (Wildman–Crippen MR) is 57.2 cm³/mol. The van der Waals surface area contributed by atoms with Gasteiger partial charge in [-0.3, -0.25) is 4.79 Å². The summed E-state index contributed by atoms with van der Waals surface area (Å²) in [6.07, 6.45) is 4.08.